The monoisotopic (exact) mass is 283 g/mol. The Morgan fingerprint density at radius 2 is 2.00 bits per heavy atom. The smallest absolute Gasteiger partial charge is 0.271 e. The molecule has 2 rings (SSSR count). The highest BCUT2D eigenvalue weighted by Crippen LogP contribution is 2.26. The summed E-state index contributed by atoms with van der Waals surface area (Å²) in [6.45, 7) is 0. The summed E-state index contributed by atoms with van der Waals surface area (Å²) in [5.74, 6) is 0.352. The van der Waals surface area contributed by atoms with E-state index in [-0.39, 0.29) is 10.8 Å². The number of halogens is 2. The molecular weight excluding hydrogens is 277 g/mol. The van der Waals surface area contributed by atoms with Gasteiger partial charge >= 0.3 is 0 Å². The number of nitro benzene ring substituents is 1. The average Bonchev–Trinajstić information content (AvgIpc) is 2.34. The summed E-state index contributed by atoms with van der Waals surface area (Å²) in [7, 11) is 0. The number of nitro groups is 1. The molecular formula is C11H7Cl2N3O2. The van der Waals surface area contributed by atoms with E-state index in [1.54, 1.807) is 24.3 Å². The predicted octanol–water partition coefficient (Wildman–Crippen LogP) is 4.04. The lowest BCUT2D eigenvalue weighted by Gasteiger charge is -2.07. The van der Waals surface area contributed by atoms with Crippen molar-refractivity contribution in [2.75, 3.05) is 5.32 Å². The van der Waals surface area contributed by atoms with E-state index in [0.717, 1.165) is 0 Å². The van der Waals surface area contributed by atoms with Crippen LogP contribution in [-0.2, 0) is 0 Å². The first-order valence-corrected chi connectivity index (χ1v) is 5.65. The summed E-state index contributed by atoms with van der Waals surface area (Å²) in [6.07, 6.45) is 0. The maximum atomic E-state index is 10.6. The fourth-order valence-corrected chi connectivity index (χ4v) is 1.64. The molecule has 0 aliphatic heterocycles. The minimum atomic E-state index is -0.474. The van der Waals surface area contributed by atoms with E-state index in [9.17, 15) is 10.1 Å². The van der Waals surface area contributed by atoms with E-state index in [4.69, 9.17) is 23.2 Å². The topological polar surface area (TPSA) is 68.1 Å². The predicted molar refractivity (Wildman–Crippen MR) is 70.6 cm³/mol. The number of benzene rings is 1. The van der Waals surface area contributed by atoms with Crippen LogP contribution in [-0.4, -0.2) is 9.91 Å². The van der Waals surface area contributed by atoms with Crippen molar-refractivity contribution in [3.05, 3.63) is 56.7 Å². The molecule has 1 aromatic heterocycles. The number of pyridine rings is 1. The van der Waals surface area contributed by atoms with Gasteiger partial charge < -0.3 is 5.32 Å². The van der Waals surface area contributed by atoms with Gasteiger partial charge in [0.2, 0.25) is 0 Å². The Morgan fingerprint density at radius 1 is 1.22 bits per heavy atom. The Morgan fingerprint density at radius 3 is 2.72 bits per heavy atom. The zero-order valence-corrected chi connectivity index (χ0v) is 10.4. The van der Waals surface area contributed by atoms with E-state index in [2.05, 4.69) is 10.3 Å². The largest absolute Gasteiger partial charge is 0.339 e. The Bertz CT molecular complexity index is 605. The van der Waals surface area contributed by atoms with Gasteiger partial charge in [-0.3, -0.25) is 10.1 Å². The second-order valence-corrected chi connectivity index (χ2v) is 4.19. The van der Waals surface area contributed by atoms with Gasteiger partial charge in [-0.2, -0.15) is 0 Å². The van der Waals surface area contributed by atoms with Crippen molar-refractivity contribution in [3.63, 3.8) is 0 Å². The zero-order chi connectivity index (χ0) is 13.1. The lowest BCUT2D eigenvalue weighted by atomic mass is 10.3. The van der Waals surface area contributed by atoms with Gasteiger partial charge in [-0.15, -0.1) is 0 Å². The first-order chi connectivity index (χ1) is 8.56. The van der Waals surface area contributed by atoms with Gasteiger partial charge in [0, 0.05) is 17.8 Å². The normalized spacial score (nSPS) is 10.1. The molecule has 18 heavy (non-hydrogen) atoms. The Kier molecular flexibility index (Phi) is 3.64. The second kappa shape index (κ2) is 5.20. The van der Waals surface area contributed by atoms with Crippen LogP contribution in [0.1, 0.15) is 0 Å². The fraction of sp³-hybridized carbons (Fsp3) is 0. The zero-order valence-electron chi connectivity index (χ0n) is 8.93. The molecule has 0 aliphatic carbocycles. The van der Waals surface area contributed by atoms with E-state index < -0.39 is 4.92 Å². The lowest BCUT2D eigenvalue weighted by Crippen LogP contribution is -1.96. The van der Waals surface area contributed by atoms with Crippen LogP contribution in [0.25, 0.3) is 0 Å². The summed E-state index contributed by atoms with van der Waals surface area (Å²) in [6, 6.07) is 9.18. The highest BCUT2D eigenvalue weighted by Gasteiger charge is 2.08. The molecule has 1 aromatic carbocycles. The fourth-order valence-electron chi connectivity index (χ4n) is 1.34. The van der Waals surface area contributed by atoms with Gasteiger partial charge in [-0.1, -0.05) is 29.3 Å². The second-order valence-electron chi connectivity index (χ2n) is 3.40. The Hall–Kier alpha value is -1.85. The van der Waals surface area contributed by atoms with Crippen LogP contribution in [0.15, 0.2) is 36.4 Å². The van der Waals surface area contributed by atoms with Gasteiger partial charge in [-0.25, -0.2) is 4.98 Å². The van der Waals surface area contributed by atoms with Crippen LogP contribution >= 0.6 is 23.2 Å². The number of hydrogen-bond acceptors (Lipinski definition) is 4. The molecule has 1 N–H and O–H groups in total. The highest BCUT2D eigenvalue weighted by atomic mass is 35.5. The van der Waals surface area contributed by atoms with Crippen LogP contribution < -0.4 is 5.32 Å². The maximum Gasteiger partial charge on any atom is 0.271 e. The molecule has 1 heterocycles. The first kappa shape index (κ1) is 12.6. The molecule has 0 fully saturated rings. The molecule has 92 valence electrons. The first-order valence-electron chi connectivity index (χ1n) is 4.90. The molecule has 0 unspecified atom stereocenters. The third-order valence-corrected chi connectivity index (χ3v) is 2.65. The molecule has 0 atom stereocenters. The number of nitrogens with zero attached hydrogens (tertiary/aromatic N) is 2. The number of nitrogens with one attached hydrogen (secondary N) is 1. The average molecular weight is 284 g/mol. The molecule has 0 spiro atoms. The number of anilines is 2. The highest BCUT2D eigenvalue weighted by molar-refractivity contribution is 6.34. The van der Waals surface area contributed by atoms with Crippen molar-refractivity contribution >= 4 is 40.4 Å². The van der Waals surface area contributed by atoms with Gasteiger partial charge in [0.1, 0.15) is 5.15 Å². The molecule has 0 bridgehead atoms. The van der Waals surface area contributed by atoms with Gasteiger partial charge in [0.15, 0.2) is 5.82 Å². The van der Waals surface area contributed by atoms with Crippen LogP contribution in [0.2, 0.25) is 10.2 Å². The summed E-state index contributed by atoms with van der Waals surface area (Å²) in [5.41, 5.74) is 0.499. The van der Waals surface area contributed by atoms with Crippen molar-refractivity contribution in [1.82, 2.24) is 4.98 Å². The number of rotatable bonds is 3. The van der Waals surface area contributed by atoms with E-state index >= 15 is 0 Å². The lowest BCUT2D eigenvalue weighted by molar-refractivity contribution is -0.384. The van der Waals surface area contributed by atoms with Gasteiger partial charge in [0.05, 0.1) is 9.95 Å². The molecule has 0 amide bonds. The summed E-state index contributed by atoms with van der Waals surface area (Å²) >= 11 is 11.7. The molecule has 0 saturated heterocycles. The van der Waals surface area contributed by atoms with Crippen LogP contribution in [0.3, 0.4) is 0 Å². The molecule has 7 heteroatoms. The Balaban J connectivity index is 2.31. The number of aromatic nitrogens is 1. The summed E-state index contributed by atoms with van der Waals surface area (Å²) < 4.78 is 0. The van der Waals surface area contributed by atoms with Gasteiger partial charge in [0.25, 0.3) is 5.69 Å². The third-order valence-electron chi connectivity index (χ3n) is 2.13. The molecule has 0 aliphatic rings. The van der Waals surface area contributed by atoms with Crippen LogP contribution in [0.5, 0.6) is 0 Å². The van der Waals surface area contributed by atoms with Crippen molar-refractivity contribution in [2.24, 2.45) is 0 Å². The molecule has 2 aromatic rings. The summed E-state index contributed by atoms with van der Waals surface area (Å²) in [5, 5.41) is 14.2. The van der Waals surface area contributed by atoms with Gasteiger partial charge in [-0.05, 0) is 18.2 Å². The van der Waals surface area contributed by atoms with E-state index in [1.807, 2.05) is 0 Å². The van der Waals surface area contributed by atoms with E-state index in [0.29, 0.717) is 16.5 Å². The standard InChI is InChI=1S/C11H7Cl2N3O2/c12-9-4-5-10(13)15-11(9)14-7-2-1-3-8(6-7)16(17)18/h1-6H,(H,14,15). The third kappa shape index (κ3) is 2.88. The SMILES string of the molecule is O=[N+]([O-])c1cccc(Nc2nc(Cl)ccc2Cl)c1. The maximum absolute atomic E-state index is 10.6. The molecule has 0 radical (unpaired) electrons. The summed E-state index contributed by atoms with van der Waals surface area (Å²) in [4.78, 5) is 14.2. The van der Waals surface area contributed by atoms with Crippen molar-refractivity contribution in [2.45, 2.75) is 0 Å². The van der Waals surface area contributed by atoms with Crippen molar-refractivity contribution < 1.29 is 4.92 Å². The van der Waals surface area contributed by atoms with Crippen LogP contribution in [0, 0.1) is 10.1 Å². The quantitative estimate of drug-likeness (QED) is 0.524. The minimum absolute atomic E-state index is 0.0156. The van der Waals surface area contributed by atoms with Crippen molar-refractivity contribution in [3.8, 4) is 0 Å². The van der Waals surface area contributed by atoms with E-state index in [1.165, 1.54) is 12.1 Å². The number of hydrogen-bond donors (Lipinski definition) is 1. The van der Waals surface area contributed by atoms with Crippen molar-refractivity contribution in [1.29, 1.82) is 0 Å². The Labute approximate surface area is 113 Å². The molecule has 0 saturated carbocycles. The van der Waals surface area contributed by atoms with Crippen LogP contribution in [0.4, 0.5) is 17.2 Å². The minimum Gasteiger partial charge on any atom is -0.339 e. The number of non-ortho nitro benzene ring substituents is 1. The molecule has 5 nitrogen and oxygen atoms in total.